The standard InChI is InChI=1S/C12H9F3N3O2/c13-12(14,15)8-3-5-9(6-4-8)18(11(19)20)17-7-1-2-10(17)16/h1-6H,16H2,(H,19,20). The normalized spacial score (nSPS) is 11.3. The lowest BCUT2D eigenvalue weighted by Crippen LogP contribution is -2.35. The zero-order valence-corrected chi connectivity index (χ0v) is 9.93. The van der Waals surface area contributed by atoms with Gasteiger partial charge < -0.3 is 10.8 Å². The van der Waals surface area contributed by atoms with Crippen LogP contribution in [-0.4, -0.2) is 15.9 Å². The van der Waals surface area contributed by atoms with Gasteiger partial charge in [0.15, 0.2) is 0 Å². The van der Waals surface area contributed by atoms with E-state index in [0.717, 1.165) is 28.9 Å². The first-order chi connectivity index (χ1) is 9.30. The number of alkyl halides is 3. The zero-order chi connectivity index (χ0) is 14.9. The molecule has 2 aromatic rings. The summed E-state index contributed by atoms with van der Waals surface area (Å²) < 4.78 is 38.4. The van der Waals surface area contributed by atoms with Crippen LogP contribution in [0.25, 0.3) is 0 Å². The number of nitrogens with two attached hydrogens (primary N) is 1. The largest absolute Gasteiger partial charge is 0.463 e. The number of nitrogen functional groups attached to an aromatic ring is 1. The average Bonchev–Trinajstić information content (AvgIpc) is 2.75. The summed E-state index contributed by atoms with van der Waals surface area (Å²) in [5, 5.41) is 9.85. The molecule has 1 aromatic carbocycles. The van der Waals surface area contributed by atoms with E-state index < -0.39 is 17.8 Å². The van der Waals surface area contributed by atoms with Crippen LogP contribution in [0.3, 0.4) is 0 Å². The number of halogens is 3. The van der Waals surface area contributed by atoms with Crippen molar-refractivity contribution >= 4 is 17.6 Å². The molecule has 1 aromatic heterocycles. The Labute approximate surface area is 111 Å². The van der Waals surface area contributed by atoms with Gasteiger partial charge in [0.05, 0.1) is 17.4 Å². The van der Waals surface area contributed by atoms with Gasteiger partial charge in [0.2, 0.25) is 0 Å². The molecule has 0 saturated heterocycles. The van der Waals surface area contributed by atoms with Crippen molar-refractivity contribution in [2.24, 2.45) is 0 Å². The molecule has 0 spiro atoms. The Hall–Kier alpha value is -2.64. The second-order valence-electron chi connectivity index (χ2n) is 3.84. The lowest BCUT2D eigenvalue weighted by atomic mass is 10.2. The highest BCUT2D eigenvalue weighted by molar-refractivity contribution is 5.86. The number of rotatable bonds is 2. The minimum atomic E-state index is -4.48. The van der Waals surface area contributed by atoms with Crippen LogP contribution in [0.5, 0.6) is 0 Å². The van der Waals surface area contributed by atoms with Gasteiger partial charge in [-0.25, -0.2) is 9.47 Å². The third kappa shape index (κ3) is 2.53. The third-order valence-corrected chi connectivity index (χ3v) is 2.52. The fourth-order valence-corrected chi connectivity index (χ4v) is 1.61. The molecule has 20 heavy (non-hydrogen) atoms. The molecule has 0 atom stereocenters. The number of hydrogen-bond donors (Lipinski definition) is 2. The zero-order valence-electron chi connectivity index (χ0n) is 9.93. The summed E-state index contributed by atoms with van der Waals surface area (Å²) in [6, 6.07) is 6.50. The highest BCUT2D eigenvalue weighted by atomic mass is 19.4. The van der Waals surface area contributed by atoms with Gasteiger partial charge in [-0.2, -0.15) is 18.2 Å². The summed E-state index contributed by atoms with van der Waals surface area (Å²) in [7, 11) is 0. The van der Waals surface area contributed by atoms with E-state index in [2.05, 4.69) is 6.20 Å². The summed E-state index contributed by atoms with van der Waals surface area (Å²) in [5.41, 5.74) is 4.72. The first-order valence-electron chi connectivity index (χ1n) is 5.36. The first-order valence-corrected chi connectivity index (χ1v) is 5.36. The van der Waals surface area contributed by atoms with Gasteiger partial charge in [0, 0.05) is 0 Å². The van der Waals surface area contributed by atoms with E-state index in [4.69, 9.17) is 10.8 Å². The van der Waals surface area contributed by atoms with Crippen molar-refractivity contribution in [3.05, 3.63) is 48.2 Å². The molecule has 0 bridgehead atoms. The molecule has 1 radical (unpaired) electrons. The monoisotopic (exact) mass is 284 g/mol. The molecular weight excluding hydrogens is 275 g/mol. The van der Waals surface area contributed by atoms with E-state index in [0.29, 0.717) is 5.01 Å². The number of nitrogens with zero attached hydrogens (tertiary/aromatic N) is 2. The fourth-order valence-electron chi connectivity index (χ4n) is 1.61. The predicted octanol–water partition coefficient (Wildman–Crippen LogP) is 2.84. The summed E-state index contributed by atoms with van der Waals surface area (Å²) in [6.45, 7) is 0. The molecular formula is C12H9F3N3O2. The summed E-state index contributed by atoms with van der Waals surface area (Å²) in [6.07, 6.45) is -3.34. The number of amides is 1. The van der Waals surface area contributed by atoms with Crippen LogP contribution < -0.4 is 10.7 Å². The number of hydrogen-bond acceptors (Lipinski definition) is 2. The molecule has 1 amide bonds. The highest BCUT2D eigenvalue weighted by Gasteiger charge is 2.30. The van der Waals surface area contributed by atoms with Gasteiger partial charge in [-0.3, -0.25) is 0 Å². The second kappa shape index (κ2) is 4.80. The molecule has 0 unspecified atom stereocenters. The van der Waals surface area contributed by atoms with Gasteiger partial charge >= 0.3 is 12.3 Å². The Bertz CT molecular complexity index is 620. The van der Waals surface area contributed by atoms with Gasteiger partial charge in [-0.05, 0) is 36.4 Å². The Morgan fingerprint density at radius 2 is 1.85 bits per heavy atom. The minimum absolute atomic E-state index is 0.0182. The van der Waals surface area contributed by atoms with Gasteiger partial charge in [0.1, 0.15) is 5.82 Å². The molecule has 0 aliphatic heterocycles. The highest BCUT2D eigenvalue weighted by Crippen LogP contribution is 2.30. The number of anilines is 2. The van der Waals surface area contributed by atoms with E-state index in [-0.39, 0.29) is 11.5 Å². The van der Waals surface area contributed by atoms with E-state index in [1.165, 1.54) is 12.1 Å². The lowest BCUT2D eigenvalue weighted by Gasteiger charge is -2.21. The van der Waals surface area contributed by atoms with E-state index in [1.807, 2.05) is 0 Å². The maximum atomic E-state index is 12.5. The van der Waals surface area contributed by atoms with E-state index in [9.17, 15) is 18.0 Å². The summed E-state index contributed by atoms with van der Waals surface area (Å²) in [4.78, 5) is 11.2. The van der Waals surface area contributed by atoms with E-state index in [1.54, 1.807) is 0 Å². The van der Waals surface area contributed by atoms with Gasteiger partial charge in [-0.15, -0.1) is 0 Å². The molecule has 3 N–H and O–H groups in total. The molecule has 8 heteroatoms. The molecule has 105 valence electrons. The van der Waals surface area contributed by atoms with Crippen molar-refractivity contribution in [1.82, 2.24) is 4.68 Å². The SMILES string of the molecule is Nc1cc[c]n1N(C(=O)O)c1ccc(C(F)(F)F)cc1. The number of aromatic nitrogens is 1. The van der Waals surface area contributed by atoms with Crippen LogP contribution >= 0.6 is 0 Å². The quantitative estimate of drug-likeness (QED) is 0.890. The summed E-state index contributed by atoms with van der Waals surface area (Å²) in [5.74, 6) is 0.0901. The number of carboxylic acid groups (broad SMARTS) is 1. The second-order valence-corrected chi connectivity index (χ2v) is 3.84. The van der Waals surface area contributed by atoms with Crippen LogP contribution in [0.15, 0.2) is 36.4 Å². The molecule has 0 fully saturated rings. The van der Waals surface area contributed by atoms with Crippen molar-refractivity contribution < 1.29 is 23.1 Å². The van der Waals surface area contributed by atoms with Crippen molar-refractivity contribution in [2.45, 2.75) is 6.18 Å². The van der Waals surface area contributed by atoms with Crippen LogP contribution in [0.2, 0.25) is 0 Å². The van der Waals surface area contributed by atoms with Crippen LogP contribution in [0.4, 0.5) is 29.5 Å². The van der Waals surface area contributed by atoms with Crippen LogP contribution in [0.1, 0.15) is 5.56 Å². The maximum Gasteiger partial charge on any atom is 0.431 e. The smallest absolute Gasteiger partial charge is 0.431 e. The van der Waals surface area contributed by atoms with Gasteiger partial charge in [-0.1, -0.05) is 0 Å². The Morgan fingerprint density at radius 1 is 1.25 bits per heavy atom. The van der Waals surface area contributed by atoms with Gasteiger partial charge in [0.25, 0.3) is 0 Å². The van der Waals surface area contributed by atoms with Crippen LogP contribution in [-0.2, 0) is 6.18 Å². The molecule has 0 aliphatic carbocycles. The maximum absolute atomic E-state index is 12.5. The fraction of sp³-hybridized carbons (Fsp3) is 0.0833. The van der Waals surface area contributed by atoms with Crippen molar-refractivity contribution in [3.8, 4) is 0 Å². The van der Waals surface area contributed by atoms with Crippen molar-refractivity contribution in [2.75, 3.05) is 10.7 Å². The topological polar surface area (TPSA) is 71.5 Å². The minimum Gasteiger partial charge on any atom is -0.463 e. The third-order valence-electron chi connectivity index (χ3n) is 2.52. The Balaban J connectivity index is 2.42. The molecule has 0 saturated carbocycles. The molecule has 1 heterocycles. The number of benzene rings is 1. The van der Waals surface area contributed by atoms with E-state index >= 15 is 0 Å². The average molecular weight is 284 g/mol. The lowest BCUT2D eigenvalue weighted by molar-refractivity contribution is -0.137. The molecule has 2 rings (SSSR count). The predicted molar refractivity (Wildman–Crippen MR) is 65.0 cm³/mol. The Kier molecular flexibility index (Phi) is 3.31. The van der Waals surface area contributed by atoms with Crippen molar-refractivity contribution in [3.63, 3.8) is 0 Å². The van der Waals surface area contributed by atoms with Crippen LogP contribution in [0, 0.1) is 6.20 Å². The summed E-state index contributed by atoms with van der Waals surface area (Å²) >= 11 is 0. The van der Waals surface area contributed by atoms with Crippen molar-refractivity contribution in [1.29, 1.82) is 0 Å². The number of carbonyl (C=O) groups is 1. The molecule has 5 nitrogen and oxygen atoms in total. The Morgan fingerprint density at radius 3 is 2.25 bits per heavy atom. The molecule has 0 aliphatic rings. The first kappa shape index (κ1) is 13.8.